The molecule has 0 bridgehead atoms. The summed E-state index contributed by atoms with van der Waals surface area (Å²) in [5.74, 6) is -0.144. The molecule has 0 radical (unpaired) electrons. The average molecular weight is 228 g/mol. The van der Waals surface area contributed by atoms with E-state index < -0.39 is 5.41 Å². The Balaban J connectivity index is 2.32. The van der Waals surface area contributed by atoms with Gasteiger partial charge in [0.25, 0.3) is 0 Å². The molecule has 0 saturated carbocycles. The highest BCUT2D eigenvalue weighted by molar-refractivity contribution is 5.87. The third-order valence-corrected chi connectivity index (χ3v) is 2.45. The predicted octanol–water partition coefficient (Wildman–Crippen LogP) is 0.00750. The Morgan fingerprint density at radius 3 is 2.31 bits per heavy atom. The topological polar surface area (TPSA) is 58.6 Å². The van der Waals surface area contributed by atoms with E-state index in [4.69, 9.17) is 4.74 Å². The standard InChI is InChI=1S/C11H20N2O3/c1-11(2,3)10(15)12-8-9(14)13-4-6-16-7-5-13/h4-8H2,1-3H3,(H,12,15). The van der Waals surface area contributed by atoms with Crippen LogP contribution in [0.15, 0.2) is 0 Å². The van der Waals surface area contributed by atoms with Crippen LogP contribution in [0.3, 0.4) is 0 Å². The second-order valence-corrected chi connectivity index (χ2v) is 4.93. The highest BCUT2D eigenvalue weighted by Gasteiger charge is 2.23. The molecule has 0 atom stereocenters. The zero-order chi connectivity index (χ0) is 12.2. The molecule has 1 fully saturated rings. The minimum absolute atomic E-state index is 0.0408. The molecule has 5 nitrogen and oxygen atoms in total. The molecule has 1 N–H and O–H groups in total. The van der Waals surface area contributed by atoms with Gasteiger partial charge in [0.2, 0.25) is 11.8 Å². The number of ether oxygens (including phenoxy) is 1. The maximum atomic E-state index is 11.7. The highest BCUT2D eigenvalue weighted by atomic mass is 16.5. The van der Waals surface area contributed by atoms with Gasteiger partial charge in [-0.2, -0.15) is 0 Å². The highest BCUT2D eigenvalue weighted by Crippen LogP contribution is 2.12. The number of carbonyl (C=O) groups excluding carboxylic acids is 2. The van der Waals surface area contributed by atoms with Gasteiger partial charge in [-0.1, -0.05) is 20.8 Å². The number of hydrogen-bond donors (Lipinski definition) is 1. The molecular weight excluding hydrogens is 208 g/mol. The first kappa shape index (κ1) is 13.0. The van der Waals surface area contributed by atoms with Crippen molar-refractivity contribution in [3.05, 3.63) is 0 Å². The Morgan fingerprint density at radius 2 is 1.81 bits per heavy atom. The molecule has 0 aromatic carbocycles. The number of nitrogens with one attached hydrogen (secondary N) is 1. The van der Waals surface area contributed by atoms with Crippen LogP contribution in [0.4, 0.5) is 0 Å². The first-order valence-electron chi connectivity index (χ1n) is 5.55. The van der Waals surface area contributed by atoms with E-state index >= 15 is 0 Å². The van der Waals surface area contributed by atoms with E-state index in [1.54, 1.807) is 4.90 Å². The lowest BCUT2D eigenvalue weighted by molar-refractivity contribution is -0.137. The molecule has 5 heteroatoms. The van der Waals surface area contributed by atoms with Gasteiger partial charge >= 0.3 is 0 Å². The van der Waals surface area contributed by atoms with Crippen molar-refractivity contribution in [1.29, 1.82) is 0 Å². The fourth-order valence-electron chi connectivity index (χ4n) is 1.35. The Morgan fingerprint density at radius 1 is 1.25 bits per heavy atom. The number of rotatable bonds is 2. The van der Waals surface area contributed by atoms with Crippen molar-refractivity contribution in [2.45, 2.75) is 20.8 Å². The van der Waals surface area contributed by atoms with Gasteiger partial charge in [0.15, 0.2) is 0 Å². The molecule has 0 spiro atoms. The molecular formula is C11H20N2O3. The van der Waals surface area contributed by atoms with Crippen molar-refractivity contribution in [3.63, 3.8) is 0 Å². The second kappa shape index (κ2) is 5.30. The van der Waals surface area contributed by atoms with Gasteiger partial charge in [-0.15, -0.1) is 0 Å². The summed E-state index contributed by atoms with van der Waals surface area (Å²) in [6.07, 6.45) is 0. The van der Waals surface area contributed by atoms with Crippen molar-refractivity contribution in [2.75, 3.05) is 32.8 Å². The minimum atomic E-state index is -0.453. The first-order valence-corrected chi connectivity index (χ1v) is 5.55. The van der Waals surface area contributed by atoms with Gasteiger partial charge in [0.05, 0.1) is 19.8 Å². The molecule has 0 unspecified atom stereocenters. The molecule has 2 amide bonds. The van der Waals surface area contributed by atoms with Gasteiger partial charge in [0, 0.05) is 18.5 Å². The monoisotopic (exact) mass is 228 g/mol. The van der Waals surface area contributed by atoms with Crippen LogP contribution in [0, 0.1) is 5.41 Å². The van der Waals surface area contributed by atoms with Crippen molar-refractivity contribution >= 4 is 11.8 Å². The maximum Gasteiger partial charge on any atom is 0.242 e. The smallest absolute Gasteiger partial charge is 0.242 e. The molecule has 0 aromatic heterocycles. The largest absolute Gasteiger partial charge is 0.378 e. The number of carbonyl (C=O) groups is 2. The van der Waals surface area contributed by atoms with Crippen LogP contribution in [-0.4, -0.2) is 49.6 Å². The van der Waals surface area contributed by atoms with E-state index in [1.165, 1.54) is 0 Å². The zero-order valence-corrected chi connectivity index (χ0v) is 10.2. The van der Waals surface area contributed by atoms with Crippen molar-refractivity contribution in [2.24, 2.45) is 5.41 Å². The summed E-state index contributed by atoms with van der Waals surface area (Å²) in [4.78, 5) is 24.9. The van der Waals surface area contributed by atoms with Crippen LogP contribution in [0.5, 0.6) is 0 Å². The molecule has 1 aliphatic heterocycles. The predicted molar refractivity (Wildman–Crippen MR) is 59.9 cm³/mol. The SMILES string of the molecule is CC(C)(C)C(=O)NCC(=O)N1CCOCC1. The van der Waals surface area contributed by atoms with Crippen LogP contribution in [0.2, 0.25) is 0 Å². The fraction of sp³-hybridized carbons (Fsp3) is 0.818. The van der Waals surface area contributed by atoms with Crippen molar-refractivity contribution in [1.82, 2.24) is 10.2 Å². The number of morpholine rings is 1. The normalized spacial score (nSPS) is 17.1. The van der Waals surface area contributed by atoms with Crippen LogP contribution in [-0.2, 0) is 14.3 Å². The lowest BCUT2D eigenvalue weighted by Crippen LogP contribution is -2.47. The third kappa shape index (κ3) is 3.81. The summed E-state index contributed by atoms with van der Waals surface area (Å²) in [6, 6.07) is 0. The summed E-state index contributed by atoms with van der Waals surface area (Å²) in [7, 11) is 0. The molecule has 1 aliphatic rings. The van der Waals surface area contributed by atoms with Gasteiger partial charge < -0.3 is 15.0 Å². The van der Waals surface area contributed by atoms with Crippen molar-refractivity contribution < 1.29 is 14.3 Å². The molecule has 1 saturated heterocycles. The lowest BCUT2D eigenvalue weighted by atomic mass is 9.96. The molecule has 16 heavy (non-hydrogen) atoms. The zero-order valence-electron chi connectivity index (χ0n) is 10.2. The van der Waals surface area contributed by atoms with Crippen LogP contribution in [0.25, 0.3) is 0 Å². The fourth-order valence-corrected chi connectivity index (χ4v) is 1.35. The third-order valence-electron chi connectivity index (χ3n) is 2.45. The lowest BCUT2D eigenvalue weighted by Gasteiger charge is -2.27. The second-order valence-electron chi connectivity index (χ2n) is 4.93. The summed E-state index contributed by atoms with van der Waals surface area (Å²) in [6.45, 7) is 7.94. The molecule has 92 valence electrons. The van der Waals surface area contributed by atoms with E-state index in [2.05, 4.69) is 5.32 Å². The van der Waals surface area contributed by atoms with Crippen LogP contribution >= 0.6 is 0 Å². The van der Waals surface area contributed by atoms with E-state index in [0.29, 0.717) is 26.3 Å². The van der Waals surface area contributed by atoms with Gasteiger partial charge in [-0.3, -0.25) is 9.59 Å². The minimum Gasteiger partial charge on any atom is -0.378 e. The van der Waals surface area contributed by atoms with Crippen LogP contribution in [0.1, 0.15) is 20.8 Å². The van der Waals surface area contributed by atoms with E-state index in [9.17, 15) is 9.59 Å². The Labute approximate surface area is 96.1 Å². The summed E-state index contributed by atoms with van der Waals surface area (Å²) in [5, 5.41) is 2.65. The number of amides is 2. The summed E-state index contributed by atoms with van der Waals surface area (Å²) in [5.41, 5.74) is -0.453. The van der Waals surface area contributed by atoms with Gasteiger partial charge in [-0.25, -0.2) is 0 Å². The van der Waals surface area contributed by atoms with E-state index in [1.807, 2.05) is 20.8 Å². The molecule has 0 aliphatic carbocycles. The summed E-state index contributed by atoms with van der Waals surface area (Å²) >= 11 is 0. The van der Waals surface area contributed by atoms with Gasteiger partial charge in [0.1, 0.15) is 0 Å². The molecule has 1 heterocycles. The summed E-state index contributed by atoms with van der Waals surface area (Å²) < 4.78 is 5.15. The Hall–Kier alpha value is -1.10. The molecule has 0 aromatic rings. The van der Waals surface area contributed by atoms with Gasteiger partial charge in [-0.05, 0) is 0 Å². The number of hydrogen-bond acceptors (Lipinski definition) is 3. The maximum absolute atomic E-state index is 11.7. The quantitative estimate of drug-likeness (QED) is 0.724. The number of nitrogens with zero attached hydrogens (tertiary/aromatic N) is 1. The van der Waals surface area contributed by atoms with Crippen LogP contribution < -0.4 is 5.32 Å². The molecule has 1 rings (SSSR count). The van der Waals surface area contributed by atoms with E-state index in [-0.39, 0.29) is 18.4 Å². The first-order chi connectivity index (χ1) is 7.41. The van der Waals surface area contributed by atoms with Crippen molar-refractivity contribution in [3.8, 4) is 0 Å². The average Bonchev–Trinajstić information content (AvgIpc) is 2.25. The Kier molecular flexibility index (Phi) is 4.29. The van der Waals surface area contributed by atoms with E-state index in [0.717, 1.165) is 0 Å². The Bertz CT molecular complexity index is 265.